The van der Waals surface area contributed by atoms with Crippen molar-refractivity contribution in [3.63, 3.8) is 0 Å². The van der Waals surface area contributed by atoms with Crippen molar-refractivity contribution in [1.29, 1.82) is 0 Å². The number of para-hydroxylation sites is 1. The second-order valence-corrected chi connectivity index (χ2v) is 8.48. The minimum absolute atomic E-state index is 0.0849. The van der Waals surface area contributed by atoms with Gasteiger partial charge in [0.25, 0.3) is 5.91 Å². The van der Waals surface area contributed by atoms with Crippen LogP contribution in [0.25, 0.3) is 22.2 Å². The third kappa shape index (κ3) is 5.18. The standard InChI is InChI=1S/C27H20ClF3N2O3/c1-15-23(19-10-6-7-11-21(19)32-24(15)17-8-4-3-5-9-17)26(35)36-16(2)25(34)33-22-14-18(27(29,30)31)12-13-20(22)28/h3-14,16H,1-2H3,(H,33,34)/t16-/m1/s1. The van der Waals surface area contributed by atoms with Crippen molar-refractivity contribution in [1.82, 2.24) is 4.98 Å². The zero-order valence-electron chi connectivity index (χ0n) is 19.2. The van der Waals surface area contributed by atoms with Gasteiger partial charge in [0.2, 0.25) is 0 Å². The SMILES string of the molecule is Cc1c(-c2ccccc2)nc2ccccc2c1C(=O)O[C@H](C)C(=O)Nc1cc(C(F)(F)F)ccc1Cl. The molecule has 1 aromatic heterocycles. The average Bonchev–Trinajstić information content (AvgIpc) is 2.84. The number of anilines is 1. The number of hydrogen-bond donors (Lipinski definition) is 1. The summed E-state index contributed by atoms with van der Waals surface area (Å²) < 4.78 is 44.6. The fraction of sp³-hybridized carbons (Fsp3) is 0.148. The average molecular weight is 513 g/mol. The molecular formula is C27H20ClF3N2O3. The van der Waals surface area contributed by atoms with E-state index in [0.717, 1.165) is 23.8 Å². The first kappa shape index (κ1) is 25.2. The lowest BCUT2D eigenvalue weighted by Crippen LogP contribution is -2.30. The normalized spacial score (nSPS) is 12.3. The number of fused-ring (bicyclic) bond motifs is 1. The fourth-order valence-corrected chi connectivity index (χ4v) is 3.92. The van der Waals surface area contributed by atoms with Crippen molar-refractivity contribution in [2.45, 2.75) is 26.1 Å². The highest BCUT2D eigenvalue weighted by molar-refractivity contribution is 6.33. The molecule has 1 atom stereocenters. The van der Waals surface area contributed by atoms with Crippen molar-refractivity contribution < 1.29 is 27.5 Å². The van der Waals surface area contributed by atoms with Crippen LogP contribution in [0.1, 0.15) is 28.4 Å². The number of hydrogen-bond acceptors (Lipinski definition) is 4. The topological polar surface area (TPSA) is 68.3 Å². The largest absolute Gasteiger partial charge is 0.449 e. The summed E-state index contributed by atoms with van der Waals surface area (Å²) in [4.78, 5) is 30.7. The number of nitrogens with one attached hydrogen (secondary N) is 1. The van der Waals surface area contributed by atoms with Crippen molar-refractivity contribution >= 4 is 40.1 Å². The first-order valence-corrected chi connectivity index (χ1v) is 11.3. The van der Waals surface area contributed by atoms with Crippen molar-refractivity contribution in [3.8, 4) is 11.3 Å². The molecule has 0 spiro atoms. The van der Waals surface area contributed by atoms with Crippen LogP contribution >= 0.6 is 11.6 Å². The van der Waals surface area contributed by atoms with Crippen LogP contribution in [0, 0.1) is 6.92 Å². The number of carbonyl (C=O) groups is 2. The van der Waals surface area contributed by atoms with Crippen LogP contribution in [-0.4, -0.2) is 23.0 Å². The smallest absolute Gasteiger partial charge is 0.416 e. The Labute approximate surface area is 209 Å². The summed E-state index contributed by atoms with van der Waals surface area (Å²) in [7, 11) is 0. The molecule has 5 nitrogen and oxygen atoms in total. The number of rotatable bonds is 5. The Morgan fingerprint density at radius 2 is 1.67 bits per heavy atom. The quantitative estimate of drug-likeness (QED) is 0.290. The summed E-state index contributed by atoms with van der Waals surface area (Å²) in [6.07, 6.45) is -5.94. The summed E-state index contributed by atoms with van der Waals surface area (Å²) in [6.45, 7) is 3.07. The first-order chi connectivity index (χ1) is 17.1. The number of ether oxygens (including phenoxy) is 1. The number of alkyl halides is 3. The van der Waals surface area contributed by atoms with Gasteiger partial charge >= 0.3 is 12.1 Å². The maximum Gasteiger partial charge on any atom is 0.416 e. The highest BCUT2D eigenvalue weighted by Crippen LogP contribution is 2.34. The van der Waals surface area contributed by atoms with Crippen LogP contribution in [0.5, 0.6) is 0 Å². The summed E-state index contributed by atoms with van der Waals surface area (Å²) in [5.74, 6) is -1.59. The lowest BCUT2D eigenvalue weighted by atomic mass is 9.98. The number of halogens is 4. The van der Waals surface area contributed by atoms with E-state index in [-0.39, 0.29) is 16.3 Å². The molecule has 0 aliphatic rings. The summed E-state index contributed by atoms with van der Waals surface area (Å²) in [5.41, 5.74) is 1.57. The van der Waals surface area contributed by atoms with Gasteiger partial charge in [-0.25, -0.2) is 9.78 Å². The second-order valence-electron chi connectivity index (χ2n) is 8.07. The minimum Gasteiger partial charge on any atom is -0.449 e. The molecule has 0 saturated heterocycles. The van der Waals surface area contributed by atoms with Gasteiger partial charge in [0.15, 0.2) is 6.10 Å². The molecular weight excluding hydrogens is 493 g/mol. The Morgan fingerprint density at radius 1 is 1.00 bits per heavy atom. The summed E-state index contributed by atoms with van der Waals surface area (Å²) in [6, 6.07) is 18.9. The summed E-state index contributed by atoms with van der Waals surface area (Å²) in [5, 5.41) is 2.77. The van der Waals surface area contributed by atoms with E-state index in [1.807, 2.05) is 30.3 Å². The van der Waals surface area contributed by atoms with E-state index in [9.17, 15) is 22.8 Å². The van der Waals surface area contributed by atoms with Gasteiger partial charge in [0, 0.05) is 10.9 Å². The van der Waals surface area contributed by atoms with E-state index in [2.05, 4.69) is 5.32 Å². The molecule has 9 heteroatoms. The van der Waals surface area contributed by atoms with Crippen LogP contribution in [-0.2, 0) is 15.7 Å². The van der Waals surface area contributed by atoms with Gasteiger partial charge in [-0.05, 0) is 43.7 Å². The Hall–Kier alpha value is -3.91. The molecule has 0 unspecified atom stereocenters. The predicted molar refractivity (Wildman–Crippen MR) is 132 cm³/mol. The lowest BCUT2D eigenvalue weighted by Gasteiger charge is -2.18. The molecule has 1 heterocycles. The predicted octanol–water partition coefficient (Wildman–Crippen LogP) is 7.07. The van der Waals surface area contributed by atoms with E-state index in [1.165, 1.54) is 6.92 Å². The number of esters is 1. The fourth-order valence-electron chi connectivity index (χ4n) is 3.75. The Morgan fingerprint density at radius 3 is 2.36 bits per heavy atom. The van der Waals surface area contributed by atoms with E-state index in [4.69, 9.17) is 21.3 Å². The molecule has 4 rings (SSSR count). The van der Waals surface area contributed by atoms with Crippen LogP contribution in [0.4, 0.5) is 18.9 Å². The molecule has 3 aromatic carbocycles. The van der Waals surface area contributed by atoms with E-state index < -0.39 is 29.7 Å². The van der Waals surface area contributed by atoms with Gasteiger partial charge in [-0.15, -0.1) is 0 Å². The number of aromatic nitrogens is 1. The number of amides is 1. The van der Waals surface area contributed by atoms with E-state index >= 15 is 0 Å². The van der Waals surface area contributed by atoms with Crippen molar-refractivity contribution in [2.75, 3.05) is 5.32 Å². The number of pyridine rings is 1. The first-order valence-electron chi connectivity index (χ1n) is 10.9. The van der Waals surface area contributed by atoms with E-state index in [0.29, 0.717) is 22.2 Å². The highest BCUT2D eigenvalue weighted by Gasteiger charge is 2.31. The zero-order valence-corrected chi connectivity index (χ0v) is 19.9. The van der Waals surface area contributed by atoms with Crippen molar-refractivity contribution in [2.24, 2.45) is 0 Å². The molecule has 1 amide bonds. The second kappa shape index (κ2) is 9.99. The molecule has 0 aliphatic heterocycles. The van der Waals surface area contributed by atoms with Gasteiger partial charge < -0.3 is 10.1 Å². The van der Waals surface area contributed by atoms with Gasteiger partial charge in [-0.2, -0.15) is 13.2 Å². The Kier molecular flexibility index (Phi) is 6.99. The molecule has 0 radical (unpaired) electrons. The number of benzene rings is 3. The Balaban J connectivity index is 1.63. The van der Waals surface area contributed by atoms with Crippen LogP contribution in [0.3, 0.4) is 0 Å². The van der Waals surface area contributed by atoms with Crippen LogP contribution < -0.4 is 5.32 Å². The number of nitrogens with zero attached hydrogens (tertiary/aromatic N) is 1. The Bertz CT molecular complexity index is 1460. The third-order valence-corrected chi connectivity index (χ3v) is 5.92. The zero-order chi connectivity index (χ0) is 26.0. The van der Waals surface area contributed by atoms with E-state index in [1.54, 1.807) is 31.2 Å². The van der Waals surface area contributed by atoms with Gasteiger partial charge in [-0.1, -0.05) is 60.1 Å². The lowest BCUT2D eigenvalue weighted by molar-refractivity contribution is -0.137. The van der Waals surface area contributed by atoms with Gasteiger partial charge in [-0.3, -0.25) is 4.79 Å². The summed E-state index contributed by atoms with van der Waals surface area (Å²) >= 11 is 5.96. The molecule has 0 bridgehead atoms. The van der Waals surface area contributed by atoms with Crippen molar-refractivity contribution in [3.05, 3.63) is 94.5 Å². The number of carbonyl (C=O) groups excluding carboxylic acids is 2. The highest BCUT2D eigenvalue weighted by atomic mass is 35.5. The molecule has 36 heavy (non-hydrogen) atoms. The molecule has 0 fully saturated rings. The molecule has 1 N–H and O–H groups in total. The molecule has 184 valence electrons. The third-order valence-electron chi connectivity index (χ3n) is 5.59. The monoisotopic (exact) mass is 512 g/mol. The maximum absolute atomic E-state index is 13.3. The van der Waals surface area contributed by atoms with Gasteiger partial charge in [0.1, 0.15) is 0 Å². The molecule has 4 aromatic rings. The van der Waals surface area contributed by atoms with Gasteiger partial charge in [0.05, 0.1) is 33.0 Å². The van der Waals surface area contributed by atoms with Crippen LogP contribution in [0.15, 0.2) is 72.8 Å². The maximum atomic E-state index is 13.3. The minimum atomic E-state index is -4.61. The van der Waals surface area contributed by atoms with Crippen LogP contribution in [0.2, 0.25) is 5.02 Å². The molecule has 0 saturated carbocycles. The molecule has 0 aliphatic carbocycles.